The summed E-state index contributed by atoms with van der Waals surface area (Å²) in [4.78, 5) is 26.8. The van der Waals surface area contributed by atoms with Crippen LogP contribution in [-0.4, -0.2) is 50.8 Å². The van der Waals surface area contributed by atoms with E-state index in [0.29, 0.717) is 17.1 Å². The van der Waals surface area contributed by atoms with Gasteiger partial charge < -0.3 is 19.7 Å². The minimum atomic E-state index is -0.454. The Kier molecular flexibility index (Phi) is 6.26. The Morgan fingerprint density at radius 2 is 1.89 bits per heavy atom. The molecule has 1 aromatic carbocycles. The highest BCUT2D eigenvalue weighted by atomic mass is 32.1. The molecule has 0 saturated carbocycles. The molecule has 1 amide bonds. The van der Waals surface area contributed by atoms with Crippen molar-refractivity contribution in [2.75, 3.05) is 32.1 Å². The van der Waals surface area contributed by atoms with Crippen molar-refractivity contribution in [3.05, 3.63) is 42.0 Å². The van der Waals surface area contributed by atoms with Crippen molar-refractivity contribution < 1.29 is 24.0 Å². The van der Waals surface area contributed by atoms with Crippen molar-refractivity contribution in [3.63, 3.8) is 0 Å². The normalized spacial score (nSPS) is 22.3. The fourth-order valence-corrected chi connectivity index (χ4v) is 4.49. The molecule has 0 aliphatic carbocycles. The van der Waals surface area contributed by atoms with Gasteiger partial charge in [-0.15, -0.1) is 11.3 Å². The molecule has 144 valence electrons. The van der Waals surface area contributed by atoms with E-state index in [1.165, 1.54) is 23.3 Å². The largest absolute Gasteiger partial charge is 0.465 e. The van der Waals surface area contributed by atoms with Gasteiger partial charge in [0.2, 0.25) is 0 Å². The van der Waals surface area contributed by atoms with Crippen molar-refractivity contribution in [2.24, 2.45) is 0 Å². The molecule has 7 heteroatoms. The summed E-state index contributed by atoms with van der Waals surface area (Å²) in [6.07, 6.45) is 0.266. The second kappa shape index (κ2) is 8.65. The van der Waals surface area contributed by atoms with Crippen molar-refractivity contribution in [1.29, 1.82) is 0 Å². The van der Waals surface area contributed by atoms with Gasteiger partial charge in [-0.2, -0.15) is 0 Å². The zero-order chi connectivity index (χ0) is 19.4. The van der Waals surface area contributed by atoms with Crippen LogP contribution >= 0.6 is 11.3 Å². The van der Waals surface area contributed by atoms with Crippen LogP contribution in [0.4, 0.5) is 5.00 Å². The highest BCUT2D eigenvalue weighted by molar-refractivity contribution is 7.20. The molecule has 1 aliphatic rings. The lowest BCUT2D eigenvalue weighted by molar-refractivity contribution is -0.907. The Balaban J connectivity index is 1.75. The summed E-state index contributed by atoms with van der Waals surface area (Å²) in [5.74, 6) is -0.567. The van der Waals surface area contributed by atoms with Crippen LogP contribution in [0.25, 0.3) is 10.4 Å². The summed E-state index contributed by atoms with van der Waals surface area (Å²) in [5, 5.41) is 3.44. The molecule has 2 atom stereocenters. The summed E-state index contributed by atoms with van der Waals surface area (Å²) < 4.78 is 10.6. The lowest BCUT2D eigenvalue weighted by atomic mass is 10.1. The van der Waals surface area contributed by atoms with Gasteiger partial charge in [-0.05, 0) is 25.5 Å². The number of benzene rings is 1. The van der Waals surface area contributed by atoms with Gasteiger partial charge in [-0.3, -0.25) is 4.79 Å². The van der Waals surface area contributed by atoms with Crippen molar-refractivity contribution in [1.82, 2.24) is 0 Å². The number of hydrogen-bond donors (Lipinski definition) is 2. The number of nitrogens with one attached hydrogen (secondary N) is 2. The lowest BCUT2D eigenvalue weighted by Gasteiger charge is -2.31. The van der Waals surface area contributed by atoms with E-state index in [2.05, 4.69) is 5.32 Å². The van der Waals surface area contributed by atoms with E-state index in [1.807, 2.05) is 44.2 Å². The summed E-state index contributed by atoms with van der Waals surface area (Å²) in [6, 6.07) is 11.5. The second-order valence-corrected chi connectivity index (χ2v) is 7.90. The number of carbonyl (C=O) groups is 2. The molecule has 2 aromatic rings. The number of hydrogen-bond acceptors (Lipinski definition) is 5. The molecule has 2 N–H and O–H groups in total. The maximum atomic E-state index is 12.6. The quantitative estimate of drug-likeness (QED) is 0.766. The predicted octanol–water partition coefficient (Wildman–Crippen LogP) is 1.83. The number of esters is 1. The topological polar surface area (TPSA) is 69.1 Å². The molecule has 0 bridgehead atoms. The van der Waals surface area contributed by atoms with Crippen LogP contribution in [0, 0.1) is 0 Å². The minimum absolute atomic E-state index is 0.113. The number of morpholine rings is 1. The van der Waals surface area contributed by atoms with Gasteiger partial charge in [0.15, 0.2) is 6.54 Å². The fraction of sp³-hybridized carbons (Fsp3) is 0.400. The van der Waals surface area contributed by atoms with Crippen molar-refractivity contribution in [2.45, 2.75) is 26.1 Å². The van der Waals surface area contributed by atoms with Crippen LogP contribution in [0.5, 0.6) is 0 Å². The molecule has 1 saturated heterocycles. The van der Waals surface area contributed by atoms with Crippen LogP contribution in [0.15, 0.2) is 36.4 Å². The molecule has 0 spiro atoms. The molecule has 1 aromatic heterocycles. The predicted molar refractivity (Wildman–Crippen MR) is 105 cm³/mol. The van der Waals surface area contributed by atoms with E-state index in [0.717, 1.165) is 23.5 Å². The van der Waals surface area contributed by atoms with Gasteiger partial charge in [0.25, 0.3) is 5.91 Å². The lowest BCUT2D eigenvalue weighted by Crippen LogP contribution is -3.16. The van der Waals surface area contributed by atoms with E-state index in [9.17, 15) is 9.59 Å². The number of amides is 1. The van der Waals surface area contributed by atoms with Crippen molar-refractivity contribution >= 4 is 28.2 Å². The molecule has 0 unspecified atom stereocenters. The molecule has 1 aliphatic heterocycles. The van der Waals surface area contributed by atoms with Gasteiger partial charge in [0, 0.05) is 4.88 Å². The molecule has 1 fully saturated rings. The average molecular weight is 389 g/mol. The van der Waals surface area contributed by atoms with Gasteiger partial charge in [-0.1, -0.05) is 30.3 Å². The Morgan fingerprint density at radius 3 is 2.52 bits per heavy atom. The van der Waals surface area contributed by atoms with E-state index in [1.54, 1.807) is 6.07 Å². The Labute approximate surface area is 163 Å². The zero-order valence-corrected chi connectivity index (χ0v) is 16.6. The number of ether oxygens (including phenoxy) is 2. The first-order valence-corrected chi connectivity index (χ1v) is 9.84. The second-order valence-electron chi connectivity index (χ2n) is 6.85. The molecule has 0 radical (unpaired) electrons. The van der Waals surface area contributed by atoms with E-state index >= 15 is 0 Å². The molecule has 3 rings (SSSR count). The van der Waals surface area contributed by atoms with Crippen LogP contribution < -0.4 is 10.2 Å². The summed E-state index contributed by atoms with van der Waals surface area (Å²) in [5.41, 5.74) is 1.38. The fourth-order valence-electron chi connectivity index (χ4n) is 3.42. The molecular weight excluding hydrogens is 364 g/mol. The molecular formula is C20H25N2O4S+. The monoisotopic (exact) mass is 389 g/mol. The van der Waals surface area contributed by atoms with Crippen LogP contribution in [0.2, 0.25) is 0 Å². The Hall–Kier alpha value is -2.22. The Bertz CT molecular complexity index is 796. The number of anilines is 1. The van der Waals surface area contributed by atoms with Gasteiger partial charge >= 0.3 is 5.97 Å². The zero-order valence-electron chi connectivity index (χ0n) is 15.8. The standard InChI is InChI=1S/C20H24N2O4S/c1-13-10-22(11-14(2)26-13)12-18(23)21-19-16(20(24)25-3)9-17(27-19)15-7-5-4-6-8-15/h4-9,13-14H,10-12H2,1-3H3,(H,21,23)/p+1/t13-,14-/m1/s1. The van der Waals surface area contributed by atoms with E-state index in [-0.39, 0.29) is 18.1 Å². The number of rotatable bonds is 5. The van der Waals surface area contributed by atoms with Crippen LogP contribution in [0.3, 0.4) is 0 Å². The van der Waals surface area contributed by atoms with Gasteiger partial charge in [0.1, 0.15) is 30.3 Å². The molecule has 27 heavy (non-hydrogen) atoms. The highest BCUT2D eigenvalue weighted by Crippen LogP contribution is 2.35. The summed E-state index contributed by atoms with van der Waals surface area (Å²) in [7, 11) is 1.34. The number of quaternary nitrogens is 1. The van der Waals surface area contributed by atoms with Crippen LogP contribution in [-0.2, 0) is 14.3 Å². The first-order valence-electron chi connectivity index (χ1n) is 9.02. The third-order valence-electron chi connectivity index (χ3n) is 4.48. The maximum absolute atomic E-state index is 12.6. The van der Waals surface area contributed by atoms with Crippen LogP contribution in [0.1, 0.15) is 24.2 Å². The third-order valence-corrected chi connectivity index (χ3v) is 5.58. The van der Waals surface area contributed by atoms with Gasteiger partial charge in [-0.25, -0.2) is 4.79 Å². The number of thiophene rings is 1. The highest BCUT2D eigenvalue weighted by Gasteiger charge is 2.28. The number of methoxy groups -OCH3 is 1. The minimum Gasteiger partial charge on any atom is -0.465 e. The van der Waals surface area contributed by atoms with Gasteiger partial charge in [0.05, 0.1) is 12.7 Å². The first kappa shape index (κ1) is 19.5. The third kappa shape index (κ3) is 4.94. The smallest absolute Gasteiger partial charge is 0.340 e. The maximum Gasteiger partial charge on any atom is 0.340 e. The SMILES string of the molecule is COC(=O)c1cc(-c2ccccc2)sc1NC(=O)C[NH+]1C[C@@H](C)O[C@H](C)C1. The molecule has 2 heterocycles. The average Bonchev–Trinajstić information content (AvgIpc) is 3.04. The van der Waals surface area contributed by atoms with E-state index in [4.69, 9.17) is 9.47 Å². The van der Waals surface area contributed by atoms with Crippen molar-refractivity contribution in [3.8, 4) is 10.4 Å². The Morgan fingerprint density at radius 1 is 1.22 bits per heavy atom. The van der Waals surface area contributed by atoms with E-state index < -0.39 is 5.97 Å². The summed E-state index contributed by atoms with van der Waals surface area (Å²) >= 11 is 1.38. The molecule has 6 nitrogen and oxygen atoms in total. The number of carbonyl (C=O) groups excluding carboxylic acids is 2. The first-order chi connectivity index (χ1) is 13.0. The summed E-state index contributed by atoms with van der Waals surface area (Å²) in [6.45, 7) is 5.97.